The van der Waals surface area contributed by atoms with Crippen molar-refractivity contribution < 1.29 is 8.78 Å². The quantitative estimate of drug-likeness (QED) is 0.803. The third-order valence-electron chi connectivity index (χ3n) is 3.62. The van der Waals surface area contributed by atoms with E-state index in [4.69, 9.17) is 0 Å². The lowest BCUT2D eigenvalue weighted by Crippen LogP contribution is -2.27. The van der Waals surface area contributed by atoms with Crippen molar-refractivity contribution in [3.63, 3.8) is 0 Å². The van der Waals surface area contributed by atoms with Crippen LogP contribution in [0.1, 0.15) is 38.1 Å². The van der Waals surface area contributed by atoms with Gasteiger partial charge in [-0.25, -0.2) is 8.78 Å². The van der Waals surface area contributed by atoms with Crippen LogP contribution in [-0.2, 0) is 0 Å². The van der Waals surface area contributed by atoms with Gasteiger partial charge in [0.25, 0.3) is 5.92 Å². The van der Waals surface area contributed by atoms with Gasteiger partial charge >= 0.3 is 0 Å². The number of alkyl halides is 2. The maximum absolute atomic E-state index is 13.5. The van der Waals surface area contributed by atoms with Gasteiger partial charge in [-0.05, 0) is 32.8 Å². The summed E-state index contributed by atoms with van der Waals surface area (Å²) < 4.78 is 27.1. The second-order valence-corrected chi connectivity index (χ2v) is 4.82. The molecule has 1 aliphatic carbocycles. The Labute approximate surface area is 99.8 Å². The summed E-state index contributed by atoms with van der Waals surface area (Å²) >= 11 is 0. The van der Waals surface area contributed by atoms with Crippen molar-refractivity contribution >= 4 is 6.08 Å². The van der Waals surface area contributed by atoms with Crippen molar-refractivity contribution in [3.8, 4) is 0 Å². The number of rotatable bonds is 3. The Bertz CT molecular complexity index is 457. The van der Waals surface area contributed by atoms with Crippen LogP contribution in [0.3, 0.4) is 0 Å². The van der Waals surface area contributed by atoms with E-state index < -0.39 is 11.3 Å². The van der Waals surface area contributed by atoms with Gasteiger partial charge in [-0.2, -0.15) is 0 Å². The molecule has 17 heavy (non-hydrogen) atoms. The van der Waals surface area contributed by atoms with Crippen LogP contribution in [0.15, 0.2) is 18.0 Å². The molecule has 1 aromatic heterocycles. The molecular formula is C13H16F2N2. The number of aromatic nitrogens is 2. The van der Waals surface area contributed by atoms with Gasteiger partial charge in [-0.15, -0.1) is 0 Å². The first-order valence-electron chi connectivity index (χ1n) is 5.71. The molecule has 0 spiro atoms. The highest BCUT2D eigenvalue weighted by molar-refractivity contribution is 5.53. The molecule has 0 radical (unpaired) electrons. The average Bonchev–Trinajstić information content (AvgIpc) is 3.01. The minimum atomic E-state index is -2.66. The van der Waals surface area contributed by atoms with Gasteiger partial charge in [0, 0.05) is 19.3 Å². The minimum absolute atomic E-state index is 0.554. The molecule has 0 saturated heterocycles. The second-order valence-electron chi connectivity index (χ2n) is 4.82. The Kier molecular flexibility index (Phi) is 2.76. The van der Waals surface area contributed by atoms with E-state index in [2.05, 4.69) is 9.97 Å². The van der Waals surface area contributed by atoms with Crippen LogP contribution in [0.4, 0.5) is 8.78 Å². The first kappa shape index (κ1) is 12.1. The molecule has 0 unspecified atom stereocenters. The standard InChI is InChI=1S/C13H16F2N2/c1-9(13(4-5-13)12(3,14)15)8-11-10(2)16-6-7-17-11/h6-8H,4-5H2,1-3H3/b9-8+. The molecule has 0 bridgehead atoms. The van der Waals surface area contributed by atoms with Crippen LogP contribution in [0, 0.1) is 12.3 Å². The minimum Gasteiger partial charge on any atom is -0.258 e. The van der Waals surface area contributed by atoms with Crippen molar-refractivity contribution in [2.75, 3.05) is 0 Å². The predicted molar refractivity (Wildman–Crippen MR) is 62.7 cm³/mol. The monoisotopic (exact) mass is 238 g/mol. The molecule has 92 valence electrons. The lowest BCUT2D eigenvalue weighted by atomic mass is 9.90. The van der Waals surface area contributed by atoms with E-state index >= 15 is 0 Å². The third kappa shape index (κ3) is 2.08. The van der Waals surface area contributed by atoms with Gasteiger partial charge in [0.2, 0.25) is 0 Å². The fraction of sp³-hybridized carbons (Fsp3) is 0.538. The zero-order valence-corrected chi connectivity index (χ0v) is 10.3. The van der Waals surface area contributed by atoms with Crippen LogP contribution in [-0.4, -0.2) is 15.9 Å². The fourth-order valence-corrected chi connectivity index (χ4v) is 2.21. The van der Waals surface area contributed by atoms with Crippen molar-refractivity contribution in [1.82, 2.24) is 9.97 Å². The summed E-state index contributed by atoms with van der Waals surface area (Å²) in [4.78, 5) is 8.26. The molecule has 1 aliphatic rings. The lowest BCUT2D eigenvalue weighted by molar-refractivity contribution is -0.0378. The number of allylic oxidation sites excluding steroid dienone is 1. The zero-order chi connectivity index (χ0) is 12.7. The van der Waals surface area contributed by atoms with Crippen molar-refractivity contribution in [1.29, 1.82) is 0 Å². The zero-order valence-electron chi connectivity index (χ0n) is 10.3. The Morgan fingerprint density at radius 1 is 1.35 bits per heavy atom. The summed E-state index contributed by atoms with van der Waals surface area (Å²) in [7, 11) is 0. The molecule has 2 rings (SSSR count). The molecule has 2 nitrogen and oxygen atoms in total. The molecule has 1 saturated carbocycles. The fourth-order valence-electron chi connectivity index (χ4n) is 2.21. The number of hydrogen-bond donors (Lipinski definition) is 0. The summed E-state index contributed by atoms with van der Waals surface area (Å²) in [6.07, 6.45) is 6.03. The highest BCUT2D eigenvalue weighted by Gasteiger charge is 2.59. The van der Waals surface area contributed by atoms with Crippen LogP contribution in [0.25, 0.3) is 6.08 Å². The Balaban J connectivity index is 2.33. The predicted octanol–water partition coefficient (Wildman–Crippen LogP) is 3.62. The summed E-state index contributed by atoms with van der Waals surface area (Å²) in [6.45, 7) is 4.59. The number of halogens is 2. The van der Waals surface area contributed by atoms with E-state index in [-0.39, 0.29) is 0 Å². The third-order valence-corrected chi connectivity index (χ3v) is 3.62. The van der Waals surface area contributed by atoms with Crippen molar-refractivity contribution in [2.24, 2.45) is 5.41 Å². The van der Waals surface area contributed by atoms with Gasteiger partial charge in [0.05, 0.1) is 16.8 Å². The van der Waals surface area contributed by atoms with E-state index in [1.807, 2.05) is 6.92 Å². The summed E-state index contributed by atoms with van der Waals surface area (Å²) in [5.41, 5.74) is 1.20. The first-order valence-corrected chi connectivity index (χ1v) is 5.71. The van der Waals surface area contributed by atoms with Crippen LogP contribution in [0.5, 0.6) is 0 Å². The lowest BCUT2D eigenvalue weighted by Gasteiger charge is -2.23. The van der Waals surface area contributed by atoms with Gasteiger partial charge in [-0.1, -0.05) is 5.57 Å². The topological polar surface area (TPSA) is 25.8 Å². The van der Waals surface area contributed by atoms with Gasteiger partial charge in [-0.3, -0.25) is 9.97 Å². The molecule has 1 aromatic rings. The van der Waals surface area contributed by atoms with Crippen LogP contribution in [0.2, 0.25) is 0 Å². The van der Waals surface area contributed by atoms with Gasteiger partial charge in [0.1, 0.15) is 0 Å². The van der Waals surface area contributed by atoms with E-state index in [0.717, 1.165) is 12.6 Å². The van der Waals surface area contributed by atoms with E-state index in [1.165, 1.54) is 0 Å². The SMILES string of the molecule is C/C(=C\c1nccnc1C)C1(C(C)(F)F)CC1. The van der Waals surface area contributed by atoms with E-state index in [1.54, 1.807) is 25.4 Å². The van der Waals surface area contributed by atoms with Crippen molar-refractivity contribution in [2.45, 2.75) is 39.5 Å². The largest absolute Gasteiger partial charge is 0.258 e. The van der Waals surface area contributed by atoms with Gasteiger partial charge < -0.3 is 0 Å². The van der Waals surface area contributed by atoms with E-state index in [9.17, 15) is 8.78 Å². The normalized spacial score (nSPS) is 19.2. The summed E-state index contributed by atoms with van der Waals surface area (Å²) in [5.74, 6) is -2.66. The Hall–Kier alpha value is -1.32. The maximum atomic E-state index is 13.5. The maximum Gasteiger partial charge on any atom is 0.254 e. The Morgan fingerprint density at radius 2 is 1.94 bits per heavy atom. The number of aryl methyl sites for hydroxylation is 1. The first-order chi connectivity index (χ1) is 7.87. The molecular weight excluding hydrogens is 222 g/mol. The molecule has 0 aliphatic heterocycles. The molecule has 0 atom stereocenters. The highest BCUT2D eigenvalue weighted by Crippen LogP contribution is 2.61. The number of nitrogens with zero attached hydrogens (tertiary/aromatic N) is 2. The molecule has 0 amide bonds. The molecule has 0 aromatic carbocycles. The molecule has 1 fully saturated rings. The van der Waals surface area contributed by atoms with Crippen LogP contribution >= 0.6 is 0 Å². The number of hydrogen-bond acceptors (Lipinski definition) is 2. The Morgan fingerprint density at radius 3 is 2.41 bits per heavy atom. The molecule has 4 heteroatoms. The molecule has 0 N–H and O–H groups in total. The summed E-state index contributed by atoms with van der Waals surface area (Å²) in [6, 6.07) is 0. The highest BCUT2D eigenvalue weighted by atomic mass is 19.3. The van der Waals surface area contributed by atoms with Gasteiger partial charge in [0.15, 0.2) is 0 Å². The molecule has 1 heterocycles. The second kappa shape index (κ2) is 3.86. The average molecular weight is 238 g/mol. The summed E-state index contributed by atoms with van der Waals surface area (Å²) in [5, 5.41) is 0. The van der Waals surface area contributed by atoms with Crippen LogP contribution < -0.4 is 0 Å². The van der Waals surface area contributed by atoms with E-state index in [0.29, 0.717) is 24.1 Å². The smallest absolute Gasteiger partial charge is 0.254 e. The van der Waals surface area contributed by atoms with Crippen molar-refractivity contribution in [3.05, 3.63) is 29.4 Å².